The van der Waals surface area contributed by atoms with E-state index in [9.17, 15) is 9.59 Å². The first-order valence-corrected chi connectivity index (χ1v) is 11.8. The van der Waals surface area contributed by atoms with Crippen LogP contribution in [0, 0.1) is 5.92 Å². The smallest absolute Gasteiger partial charge is 0.321 e. The summed E-state index contributed by atoms with van der Waals surface area (Å²) < 4.78 is 0. The molecule has 2 aromatic rings. The Balaban J connectivity index is 1.38. The standard InChI is InChI=1S/C24H31N3O2S/c1-26(18-20-7-4-3-5-8-20)23(28)12-11-19-13-15-27(16-14-19)24(29)25-21-9-6-10-22(17-21)30-2/h3-10,17,19H,11-16,18H2,1-2H3,(H,25,29). The second kappa shape index (κ2) is 11.1. The fraction of sp³-hybridized carbons (Fsp3) is 0.417. The van der Waals surface area contributed by atoms with Crippen LogP contribution in [-0.4, -0.2) is 48.1 Å². The van der Waals surface area contributed by atoms with Crippen molar-refractivity contribution in [3.63, 3.8) is 0 Å². The fourth-order valence-corrected chi connectivity index (χ4v) is 4.25. The molecule has 0 bridgehead atoms. The first kappa shape index (κ1) is 22.2. The van der Waals surface area contributed by atoms with E-state index in [-0.39, 0.29) is 11.9 Å². The van der Waals surface area contributed by atoms with Gasteiger partial charge in [-0.05, 0) is 55.2 Å². The SMILES string of the molecule is CSc1cccc(NC(=O)N2CCC(CCC(=O)N(C)Cc3ccccc3)CC2)c1. The molecule has 5 nitrogen and oxygen atoms in total. The molecule has 0 saturated carbocycles. The highest BCUT2D eigenvalue weighted by molar-refractivity contribution is 7.98. The number of rotatable bonds is 7. The van der Waals surface area contributed by atoms with Gasteiger partial charge in [-0.25, -0.2) is 4.79 Å². The molecule has 1 heterocycles. The van der Waals surface area contributed by atoms with Crippen molar-refractivity contribution >= 4 is 29.4 Å². The molecule has 3 amide bonds. The molecule has 0 unspecified atom stereocenters. The van der Waals surface area contributed by atoms with E-state index in [1.165, 1.54) is 0 Å². The predicted molar refractivity (Wildman–Crippen MR) is 124 cm³/mol. The lowest BCUT2D eigenvalue weighted by molar-refractivity contribution is -0.130. The van der Waals surface area contributed by atoms with Gasteiger partial charge in [-0.1, -0.05) is 36.4 Å². The molecule has 1 aliphatic rings. The average Bonchev–Trinajstić information content (AvgIpc) is 2.78. The van der Waals surface area contributed by atoms with Crippen LogP contribution in [0.25, 0.3) is 0 Å². The minimum atomic E-state index is -0.0367. The van der Waals surface area contributed by atoms with Crippen molar-refractivity contribution in [2.75, 3.05) is 31.7 Å². The second-order valence-corrected chi connectivity index (χ2v) is 8.75. The van der Waals surface area contributed by atoms with Crippen LogP contribution in [0.3, 0.4) is 0 Å². The highest BCUT2D eigenvalue weighted by atomic mass is 32.2. The van der Waals surface area contributed by atoms with Crippen LogP contribution < -0.4 is 5.32 Å². The van der Waals surface area contributed by atoms with E-state index in [4.69, 9.17) is 0 Å². The van der Waals surface area contributed by atoms with E-state index in [0.29, 0.717) is 18.9 Å². The second-order valence-electron chi connectivity index (χ2n) is 7.87. The summed E-state index contributed by atoms with van der Waals surface area (Å²) in [4.78, 5) is 29.8. The Hall–Kier alpha value is -2.47. The average molecular weight is 426 g/mol. The van der Waals surface area contributed by atoms with Crippen LogP contribution in [0.15, 0.2) is 59.5 Å². The molecule has 1 aliphatic heterocycles. The molecule has 0 spiro atoms. The van der Waals surface area contributed by atoms with Gasteiger partial charge in [0, 0.05) is 43.7 Å². The lowest BCUT2D eigenvalue weighted by Crippen LogP contribution is -2.41. The summed E-state index contributed by atoms with van der Waals surface area (Å²) in [7, 11) is 1.87. The number of urea groups is 1. The Morgan fingerprint density at radius 3 is 2.53 bits per heavy atom. The zero-order chi connectivity index (χ0) is 21.3. The Bertz CT molecular complexity index is 835. The third-order valence-electron chi connectivity index (χ3n) is 5.68. The lowest BCUT2D eigenvalue weighted by Gasteiger charge is -2.32. The summed E-state index contributed by atoms with van der Waals surface area (Å²) in [6.07, 6.45) is 5.39. The number of nitrogens with one attached hydrogen (secondary N) is 1. The molecule has 0 atom stereocenters. The number of hydrogen-bond acceptors (Lipinski definition) is 3. The van der Waals surface area contributed by atoms with E-state index < -0.39 is 0 Å². The number of thioether (sulfide) groups is 1. The van der Waals surface area contributed by atoms with Gasteiger partial charge in [0.2, 0.25) is 5.91 Å². The molecule has 0 radical (unpaired) electrons. The van der Waals surface area contributed by atoms with Gasteiger partial charge in [0.1, 0.15) is 0 Å². The van der Waals surface area contributed by atoms with Crippen LogP contribution in [0.4, 0.5) is 10.5 Å². The van der Waals surface area contributed by atoms with Gasteiger partial charge < -0.3 is 15.1 Å². The maximum atomic E-state index is 12.6. The van der Waals surface area contributed by atoms with Crippen molar-refractivity contribution in [1.82, 2.24) is 9.80 Å². The number of likely N-dealkylation sites (tertiary alicyclic amines) is 1. The highest BCUT2D eigenvalue weighted by Gasteiger charge is 2.23. The van der Waals surface area contributed by atoms with Crippen LogP contribution in [-0.2, 0) is 11.3 Å². The van der Waals surface area contributed by atoms with Crippen molar-refractivity contribution in [2.24, 2.45) is 5.92 Å². The molecule has 1 N–H and O–H groups in total. The van der Waals surface area contributed by atoms with Crippen molar-refractivity contribution in [2.45, 2.75) is 37.1 Å². The predicted octanol–water partition coefficient (Wildman–Crippen LogP) is 5.09. The van der Waals surface area contributed by atoms with Crippen molar-refractivity contribution < 1.29 is 9.59 Å². The van der Waals surface area contributed by atoms with Crippen molar-refractivity contribution in [3.8, 4) is 0 Å². The van der Waals surface area contributed by atoms with Crippen LogP contribution in [0.2, 0.25) is 0 Å². The third kappa shape index (κ3) is 6.52. The highest BCUT2D eigenvalue weighted by Crippen LogP contribution is 2.24. The molecule has 3 rings (SSSR count). The summed E-state index contributed by atoms with van der Waals surface area (Å²) in [5.74, 6) is 0.690. The number of amides is 3. The topological polar surface area (TPSA) is 52.7 Å². The fourth-order valence-electron chi connectivity index (χ4n) is 3.79. The molecule has 160 valence electrons. The molecule has 1 fully saturated rings. The summed E-state index contributed by atoms with van der Waals surface area (Å²) in [6, 6.07) is 17.9. The van der Waals surface area contributed by atoms with Gasteiger partial charge >= 0.3 is 6.03 Å². The quantitative estimate of drug-likeness (QED) is 0.629. The Labute approximate surface area is 183 Å². The third-order valence-corrected chi connectivity index (χ3v) is 6.40. The van der Waals surface area contributed by atoms with E-state index >= 15 is 0 Å². The van der Waals surface area contributed by atoms with Gasteiger partial charge in [0.15, 0.2) is 0 Å². The Morgan fingerprint density at radius 1 is 1.10 bits per heavy atom. The molecule has 30 heavy (non-hydrogen) atoms. The maximum absolute atomic E-state index is 12.6. The van der Waals surface area contributed by atoms with Crippen LogP contribution >= 0.6 is 11.8 Å². The normalized spacial score (nSPS) is 14.4. The molecule has 1 saturated heterocycles. The molecule has 0 aromatic heterocycles. The Morgan fingerprint density at radius 2 is 1.83 bits per heavy atom. The van der Waals surface area contributed by atoms with E-state index in [0.717, 1.165) is 48.5 Å². The molecule has 0 aliphatic carbocycles. The number of carbonyl (C=O) groups is 2. The van der Waals surface area contributed by atoms with Gasteiger partial charge in [0.05, 0.1) is 0 Å². The van der Waals surface area contributed by atoms with E-state index in [1.807, 2.05) is 72.8 Å². The molecule has 6 heteroatoms. The summed E-state index contributed by atoms with van der Waals surface area (Å²) in [6.45, 7) is 2.13. The zero-order valence-electron chi connectivity index (χ0n) is 17.8. The maximum Gasteiger partial charge on any atom is 0.321 e. The largest absolute Gasteiger partial charge is 0.341 e. The molecular weight excluding hydrogens is 394 g/mol. The van der Waals surface area contributed by atoms with E-state index in [2.05, 4.69) is 5.32 Å². The Kier molecular flexibility index (Phi) is 8.20. The first-order valence-electron chi connectivity index (χ1n) is 10.5. The minimum absolute atomic E-state index is 0.0367. The number of hydrogen-bond donors (Lipinski definition) is 1. The number of nitrogens with zero attached hydrogens (tertiary/aromatic N) is 2. The van der Waals surface area contributed by atoms with Crippen molar-refractivity contribution in [1.29, 1.82) is 0 Å². The van der Waals surface area contributed by atoms with Gasteiger partial charge in [0.25, 0.3) is 0 Å². The van der Waals surface area contributed by atoms with Gasteiger partial charge in [-0.3, -0.25) is 4.79 Å². The van der Waals surface area contributed by atoms with Crippen LogP contribution in [0.1, 0.15) is 31.2 Å². The lowest BCUT2D eigenvalue weighted by atomic mass is 9.92. The van der Waals surface area contributed by atoms with Gasteiger partial charge in [-0.15, -0.1) is 11.8 Å². The van der Waals surface area contributed by atoms with Crippen molar-refractivity contribution in [3.05, 3.63) is 60.2 Å². The number of benzene rings is 2. The zero-order valence-corrected chi connectivity index (χ0v) is 18.7. The summed E-state index contributed by atoms with van der Waals surface area (Å²) >= 11 is 1.66. The van der Waals surface area contributed by atoms with E-state index in [1.54, 1.807) is 16.7 Å². The van der Waals surface area contributed by atoms with Crippen LogP contribution in [0.5, 0.6) is 0 Å². The molecular formula is C24H31N3O2S. The number of carbonyl (C=O) groups excluding carboxylic acids is 2. The molecule has 2 aromatic carbocycles. The summed E-state index contributed by atoms with van der Waals surface area (Å²) in [5, 5.41) is 3.00. The monoisotopic (exact) mass is 425 g/mol. The number of anilines is 1. The van der Waals surface area contributed by atoms with Gasteiger partial charge in [-0.2, -0.15) is 0 Å². The minimum Gasteiger partial charge on any atom is -0.341 e. The first-order chi connectivity index (χ1) is 14.5. The summed E-state index contributed by atoms with van der Waals surface area (Å²) in [5.41, 5.74) is 1.98. The number of piperidine rings is 1.